The zero-order valence-electron chi connectivity index (χ0n) is 29.1. The second-order valence-corrected chi connectivity index (χ2v) is 14.2. The quantitative estimate of drug-likeness (QED) is 0.173. The summed E-state index contributed by atoms with van der Waals surface area (Å²) in [5.74, 6) is 0.657. The van der Waals surface area contributed by atoms with E-state index in [1.54, 1.807) is 0 Å². The van der Waals surface area contributed by atoms with Gasteiger partial charge in [-0.15, -0.1) is 0 Å². The highest BCUT2D eigenvalue weighted by atomic mass is 15.2. The predicted octanol–water partition coefficient (Wildman–Crippen LogP) is 13.0. The molecule has 0 fully saturated rings. The molecule has 0 aliphatic rings. The first-order valence-electron chi connectivity index (χ1n) is 18.4. The molecule has 4 nitrogen and oxygen atoms in total. The third kappa shape index (κ3) is 4.08. The van der Waals surface area contributed by atoms with Crippen molar-refractivity contribution in [2.75, 3.05) is 0 Å². The van der Waals surface area contributed by atoms with Gasteiger partial charge in [-0.1, -0.05) is 140 Å². The van der Waals surface area contributed by atoms with E-state index in [0.29, 0.717) is 5.95 Å². The maximum Gasteiger partial charge on any atom is 0.235 e. The van der Waals surface area contributed by atoms with E-state index >= 15 is 0 Å². The topological polar surface area (TPSA) is 35.6 Å². The lowest BCUT2D eigenvalue weighted by atomic mass is 9.94. The van der Waals surface area contributed by atoms with Crippen LogP contribution in [0.5, 0.6) is 0 Å². The monoisotopic (exact) mass is 686 g/mol. The smallest absolute Gasteiger partial charge is 0.235 e. The van der Waals surface area contributed by atoms with Crippen LogP contribution in [-0.4, -0.2) is 19.1 Å². The first-order chi connectivity index (χ1) is 26.8. The van der Waals surface area contributed by atoms with Crippen molar-refractivity contribution in [3.63, 3.8) is 0 Å². The number of para-hydroxylation sites is 4. The summed E-state index contributed by atoms with van der Waals surface area (Å²) in [6, 6.07) is 65.4. The Kier molecular flexibility index (Phi) is 6.02. The highest BCUT2D eigenvalue weighted by Gasteiger charge is 2.21. The molecular weight excluding hydrogens is 657 g/mol. The van der Waals surface area contributed by atoms with Gasteiger partial charge in [0.2, 0.25) is 5.95 Å². The van der Waals surface area contributed by atoms with Crippen molar-refractivity contribution in [1.82, 2.24) is 19.1 Å². The number of hydrogen-bond acceptors (Lipinski definition) is 2. The molecule has 12 rings (SSSR count). The normalized spacial score (nSPS) is 12.1. The van der Waals surface area contributed by atoms with Gasteiger partial charge in [-0.2, -0.15) is 0 Å². The van der Waals surface area contributed by atoms with Crippen LogP contribution in [0.3, 0.4) is 0 Å². The van der Waals surface area contributed by atoms with E-state index in [4.69, 9.17) is 9.97 Å². The lowest BCUT2D eigenvalue weighted by Crippen LogP contribution is -2.03. The molecule has 0 amide bonds. The van der Waals surface area contributed by atoms with Crippen LogP contribution in [0.2, 0.25) is 0 Å². The fourth-order valence-electron chi connectivity index (χ4n) is 8.95. The third-order valence-electron chi connectivity index (χ3n) is 11.3. The molecule has 0 bridgehead atoms. The summed E-state index contributed by atoms with van der Waals surface area (Å²) in [6.07, 6.45) is 0. The van der Waals surface area contributed by atoms with Gasteiger partial charge in [0.1, 0.15) is 0 Å². The van der Waals surface area contributed by atoms with Crippen molar-refractivity contribution in [1.29, 1.82) is 0 Å². The molecular formula is C50H30N4. The van der Waals surface area contributed by atoms with Crippen LogP contribution in [0.1, 0.15) is 0 Å². The van der Waals surface area contributed by atoms with Crippen LogP contribution in [0, 0.1) is 0 Å². The van der Waals surface area contributed by atoms with E-state index in [2.05, 4.69) is 191 Å². The molecule has 0 saturated carbocycles. The van der Waals surface area contributed by atoms with Crippen molar-refractivity contribution in [3.05, 3.63) is 182 Å². The fraction of sp³-hybridized carbons (Fsp3) is 0. The van der Waals surface area contributed by atoms with E-state index in [9.17, 15) is 0 Å². The minimum Gasteiger partial charge on any atom is -0.309 e. The summed E-state index contributed by atoms with van der Waals surface area (Å²) in [5, 5.41) is 13.4. The summed E-state index contributed by atoms with van der Waals surface area (Å²) < 4.78 is 4.62. The van der Waals surface area contributed by atoms with Gasteiger partial charge in [0.15, 0.2) is 0 Å². The summed E-state index contributed by atoms with van der Waals surface area (Å²) in [6.45, 7) is 0. The molecule has 0 saturated heterocycles. The molecule has 3 aromatic heterocycles. The summed E-state index contributed by atoms with van der Waals surface area (Å²) in [5.41, 5.74) is 8.49. The van der Waals surface area contributed by atoms with Crippen LogP contribution in [0.4, 0.5) is 0 Å². The zero-order valence-corrected chi connectivity index (χ0v) is 29.1. The minimum absolute atomic E-state index is 0.657. The van der Waals surface area contributed by atoms with Gasteiger partial charge < -0.3 is 4.57 Å². The second-order valence-electron chi connectivity index (χ2n) is 14.2. The lowest BCUT2D eigenvalue weighted by molar-refractivity contribution is 1.01. The second kappa shape index (κ2) is 11.1. The first-order valence-corrected chi connectivity index (χ1v) is 18.4. The van der Waals surface area contributed by atoms with Crippen molar-refractivity contribution in [2.45, 2.75) is 0 Å². The average Bonchev–Trinajstić information content (AvgIpc) is 3.76. The summed E-state index contributed by atoms with van der Waals surface area (Å²) >= 11 is 0. The van der Waals surface area contributed by atoms with Crippen molar-refractivity contribution in [2.24, 2.45) is 0 Å². The summed E-state index contributed by atoms with van der Waals surface area (Å²) in [7, 11) is 0. The largest absolute Gasteiger partial charge is 0.309 e. The molecule has 0 atom stereocenters. The number of fused-ring (bicyclic) bond motifs is 13. The Morgan fingerprint density at radius 1 is 0.333 bits per heavy atom. The molecule has 0 unspecified atom stereocenters. The SMILES string of the molecule is c1ccc(-n2c3ccccc3c3ccc(-c4nc(-n5c6ccccc6c6c7ccc8ccc9ccccc9c8c7ccc65)nc5ccccc45)cc32)cc1. The van der Waals surface area contributed by atoms with Crippen LogP contribution in [-0.2, 0) is 0 Å². The molecule has 0 N–H and O–H groups in total. The van der Waals surface area contributed by atoms with E-state index in [-0.39, 0.29) is 0 Å². The molecule has 9 aromatic carbocycles. The molecule has 3 heterocycles. The molecule has 4 heteroatoms. The fourth-order valence-corrected chi connectivity index (χ4v) is 8.95. The van der Waals surface area contributed by atoms with E-state index < -0.39 is 0 Å². The molecule has 12 aromatic rings. The Balaban J connectivity index is 1.15. The number of aromatic nitrogens is 4. The zero-order chi connectivity index (χ0) is 35.3. The molecule has 250 valence electrons. The van der Waals surface area contributed by atoms with E-state index in [1.807, 2.05) is 0 Å². The summed E-state index contributed by atoms with van der Waals surface area (Å²) in [4.78, 5) is 10.8. The first kappa shape index (κ1) is 29.3. The number of rotatable bonds is 3. The number of benzene rings is 9. The van der Waals surface area contributed by atoms with Crippen LogP contribution in [0.25, 0.3) is 110 Å². The molecule has 0 radical (unpaired) electrons. The van der Waals surface area contributed by atoms with Gasteiger partial charge in [-0.3, -0.25) is 4.57 Å². The van der Waals surface area contributed by atoms with Crippen LogP contribution in [0.15, 0.2) is 182 Å². The van der Waals surface area contributed by atoms with Gasteiger partial charge >= 0.3 is 0 Å². The van der Waals surface area contributed by atoms with E-state index in [1.165, 1.54) is 59.4 Å². The van der Waals surface area contributed by atoms with E-state index in [0.717, 1.165) is 44.4 Å². The van der Waals surface area contributed by atoms with Gasteiger partial charge in [0, 0.05) is 38.2 Å². The van der Waals surface area contributed by atoms with Crippen LogP contribution >= 0.6 is 0 Å². The Labute approximate surface area is 309 Å². The Hall–Kier alpha value is -7.30. The van der Waals surface area contributed by atoms with Crippen molar-refractivity contribution >= 4 is 86.8 Å². The van der Waals surface area contributed by atoms with Crippen LogP contribution < -0.4 is 0 Å². The number of hydrogen-bond donors (Lipinski definition) is 0. The Morgan fingerprint density at radius 2 is 0.944 bits per heavy atom. The molecule has 0 spiro atoms. The van der Waals surface area contributed by atoms with Gasteiger partial charge in [0.05, 0.1) is 33.3 Å². The Morgan fingerprint density at radius 3 is 1.81 bits per heavy atom. The maximum absolute atomic E-state index is 5.49. The predicted molar refractivity (Wildman–Crippen MR) is 226 cm³/mol. The van der Waals surface area contributed by atoms with Gasteiger partial charge in [0.25, 0.3) is 0 Å². The average molecular weight is 687 g/mol. The Bertz CT molecular complexity index is 3500. The highest BCUT2D eigenvalue weighted by molar-refractivity contribution is 6.29. The van der Waals surface area contributed by atoms with Gasteiger partial charge in [-0.05, 0) is 74.8 Å². The van der Waals surface area contributed by atoms with Crippen molar-refractivity contribution < 1.29 is 0 Å². The third-order valence-corrected chi connectivity index (χ3v) is 11.3. The standard InChI is InChI=1S/C50H30N4/c1-2-13-34(14-3-1)53-43-20-10-7-16-36(43)37-26-25-33(30-46(37)53)49-40-17-6-9-19-42(40)51-50(52-49)54-44-21-11-8-18-41(44)48-39-27-24-32-23-22-31-12-4-5-15-35(31)47(32)38(39)28-29-45(48)54/h1-30H. The molecule has 54 heavy (non-hydrogen) atoms. The van der Waals surface area contributed by atoms with Crippen molar-refractivity contribution in [3.8, 4) is 22.9 Å². The maximum atomic E-state index is 5.49. The van der Waals surface area contributed by atoms with Gasteiger partial charge in [-0.25, -0.2) is 9.97 Å². The lowest BCUT2D eigenvalue weighted by Gasteiger charge is -2.13. The molecule has 0 aliphatic heterocycles. The molecule has 0 aliphatic carbocycles. The number of nitrogens with zero attached hydrogens (tertiary/aromatic N) is 4. The minimum atomic E-state index is 0.657. The highest BCUT2D eigenvalue weighted by Crippen LogP contribution is 2.41.